The molecule has 18 heavy (non-hydrogen) atoms. The van der Waals surface area contributed by atoms with Gasteiger partial charge in [0.15, 0.2) is 0 Å². The lowest BCUT2D eigenvalue weighted by Crippen LogP contribution is -2.33. The summed E-state index contributed by atoms with van der Waals surface area (Å²) in [6, 6.07) is 0. The maximum absolute atomic E-state index is 9.24. The van der Waals surface area contributed by atoms with Crippen molar-refractivity contribution in [3.63, 3.8) is 0 Å². The van der Waals surface area contributed by atoms with Crippen molar-refractivity contribution in [1.82, 2.24) is 0 Å². The standard InChI is InChI=1S/C15H26O3/c1-15(2,3)18-14-10-8(4-6-16)11-12(13(11)14)9(10)5-7-17/h8-14,16-17H,4-7H2,1-3H3. The van der Waals surface area contributed by atoms with Gasteiger partial charge in [0.25, 0.3) is 0 Å². The van der Waals surface area contributed by atoms with Crippen LogP contribution >= 0.6 is 0 Å². The van der Waals surface area contributed by atoms with Crippen molar-refractivity contribution in [2.24, 2.45) is 35.5 Å². The van der Waals surface area contributed by atoms with E-state index in [0.717, 1.165) is 30.6 Å². The number of aliphatic hydroxyl groups is 2. The van der Waals surface area contributed by atoms with Crippen molar-refractivity contribution in [2.45, 2.75) is 45.3 Å². The van der Waals surface area contributed by atoms with Gasteiger partial charge in [0, 0.05) is 13.2 Å². The predicted molar refractivity (Wildman–Crippen MR) is 69.0 cm³/mol. The van der Waals surface area contributed by atoms with Crippen molar-refractivity contribution in [3.05, 3.63) is 0 Å². The summed E-state index contributed by atoms with van der Waals surface area (Å²) >= 11 is 0. The molecule has 0 spiro atoms. The van der Waals surface area contributed by atoms with Crippen LogP contribution in [-0.2, 0) is 4.74 Å². The van der Waals surface area contributed by atoms with Gasteiger partial charge in [-0.2, -0.15) is 0 Å². The second-order valence-electron chi connectivity index (χ2n) is 7.36. The van der Waals surface area contributed by atoms with Crippen LogP contribution in [0, 0.1) is 35.5 Å². The van der Waals surface area contributed by atoms with E-state index in [4.69, 9.17) is 4.74 Å². The van der Waals surface area contributed by atoms with Gasteiger partial charge in [0.05, 0.1) is 11.7 Å². The van der Waals surface area contributed by atoms with Gasteiger partial charge in [0.2, 0.25) is 0 Å². The highest BCUT2D eigenvalue weighted by Crippen LogP contribution is 2.77. The molecule has 4 saturated carbocycles. The molecule has 4 aliphatic rings. The Bertz CT molecular complexity index is 302. The molecule has 0 aromatic carbocycles. The number of hydrogen-bond acceptors (Lipinski definition) is 3. The molecule has 0 amide bonds. The van der Waals surface area contributed by atoms with Crippen LogP contribution in [0.15, 0.2) is 0 Å². The molecule has 104 valence electrons. The maximum Gasteiger partial charge on any atom is 0.0649 e. The van der Waals surface area contributed by atoms with Crippen molar-refractivity contribution in [2.75, 3.05) is 13.2 Å². The summed E-state index contributed by atoms with van der Waals surface area (Å²) in [5.41, 5.74) is -0.0805. The van der Waals surface area contributed by atoms with Crippen molar-refractivity contribution < 1.29 is 14.9 Å². The van der Waals surface area contributed by atoms with Gasteiger partial charge in [-0.15, -0.1) is 0 Å². The molecule has 5 unspecified atom stereocenters. The molecule has 0 aliphatic heterocycles. The van der Waals surface area contributed by atoms with Crippen LogP contribution < -0.4 is 0 Å². The largest absolute Gasteiger partial charge is 0.396 e. The lowest BCUT2D eigenvalue weighted by molar-refractivity contribution is -0.0846. The van der Waals surface area contributed by atoms with Crippen molar-refractivity contribution in [1.29, 1.82) is 0 Å². The maximum atomic E-state index is 9.24. The van der Waals surface area contributed by atoms with Crippen LogP contribution in [0.25, 0.3) is 0 Å². The van der Waals surface area contributed by atoms with E-state index in [-0.39, 0.29) is 5.60 Å². The molecule has 0 heterocycles. The SMILES string of the molecule is CC(C)(C)OC1C2C(CCO)C3C(C2CCO)C13. The van der Waals surface area contributed by atoms with Gasteiger partial charge in [-0.05, 0) is 69.1 Å². The fourth-order valence-corrected chi connectivity index (χ4v) is 5.17. The third-order valence-corrected chi connectivity index (χ3v) is 5.34. The molecule has 0 aromatic rings. The van der Waals surface area contributed by atoms with Gasteiger partial charge < -0.3 is 14.9 Å². The third kappa shape index (κ3) is 1.75. The number of rotatable bonds is 5. The highest BCUT2D eigenvalue weighted by molar-refractivity contribution is 5.24. The first kappa shape index (κ1) is 12.9. The first-order valence-corrected chi connectivity index (χ1v) is 7.39. The Labute approximate surface area is 110 Å². The van der Waals surface area contributed by atoms with Gasteiger partial charge in [-0.25, -0.2) is 0 Å². The fourth-order valence-electron chi connectivity index (χ4n) is 5.17. The smallest absolute Gasteiger partial charge is 0.0649 e. The minimum absolute atomic E-state index is 0.0805. The molecule has 4 rings (SSSR count). The zero-order valence-corrected chi connectivity index (χ0v) is 11.7. The van der Waals surface area contributed by atoms with Crippen LogP contribution in [0.5, 0.6) is 0 Å². The number of hydrogen-bond donors (Lipinski definition) is 2. The van der Waals surface area contributed by atoms with Gasteiger partial charge >= 0.3 is 0 Å². The van der Waals surface area contributed by atoms with Crippen LogP contribution in [0.3, 0.4) is 0 Å². The molecule has 0 aromatic heterocycles. The first-order chi connectivity index (χ1) is 8.49. The van der Waals surface area contributed by atoms with Gasteiger partial charge in [-0.1, -0.05) is 0 Å². The van der Waals surface area contributed by atoms with E-state index in [1.54, 1.807) is 0 Å². The molecular formula is C15H26O3. The predicted octanol–water partition coefficient (Wildman–Crippen LogP) is 1.67. The molecule has 5 atom stereocenters. The monoisotopic (exact) mass is 254 g/mol. The lowest BCUT2D eigenvalue weighted by atomic mass is 9.86. The summed E-state index contributed by atoms with van der Waals surface area (Å²) in [5, 5.41) is 18.5. The Kier molecular flexibility index (Phi) is 3.00. The van der Waals surface area contributed by atoms with Gasteiger partial charge in [-0.3, -0.25) is 0 Å². The fraction of sp³-hybridized carbons (Fsp3) is 1.00. The highest BCUT2D eigenvalue weighted by atomic mass is 16.5. The van der Waals surface area contributed by atoms with E-state index in [1.807, 2.05) is 0 Å². The average Bonchev–Trinajstić information content (AvgIpc) is 2.69. The summed E-state index contributed by atoms with van der Waals surface area (Å²) < 4.78 is 6.30. The lowest BCUT2D eigenvalue weighted by Gasteiger charge is -2.30. The van der Waals surface area contributed by atoms with Crippen LogP contribution in [-0.4, -0.2) is 35.1 Å². The normalized spacial score (nSPS) is 48.8. The third-order valence-electron chi connectivity index (χ3n) is 5.34. The molecule has 3 nitrogen and oxygen atoms in total. The molecule has 4 fully saturated rings. The average molecular weight is 254 g/mol. The minimum Gasteiger partial charge on any atom is -0.396 e. The first-order valence-electron chi connectivity index (χ1n) is 7.39. The summed E-state index contributed by atoms with van der Waals surface area (Å²) in [4.78, 5) is 0. The van der Waals surface area contributed by atoms with Crippen molar-refractivity contribution >= 4 is 0 Å². The van der Waals surface area contributed by atoms with E-state index >= 15 is 0 Å². The Morgan fingerprint density at radius 1 is 0.833 bits per heavy atom. The summed E-state index contributed by atoms with van der Waals surface area (Å²) in [6.07, 6.45) is 2.23. The molecular weight excluding hydrogens is 228 g/mol. The Hall–Kier alpha value is -0.120. The molecule has 4 bridgehead atoms. The van der Waals surface area contributed by atoms with Crippen LogP contribution in [0.4, 0.5) is 0 Å². The van der Waals surface area contributed by atoms with E-state index in [9.17, 15) is 10.2 Å². The Balaban J connectivity index is 1.76. The quantitative estimate of drug-likeness (QED) is 0.784. The highest BCUT2D eigenvalue weighted by Gasteiger charge is 2.77. The van der Waals surface area contributed by atoms with Crippen LogP contribution in [0.1, 0.15) is 33.6 Å². The Morgan fingerprint density at radius 2 is 1.33 bits per heavy atom. The summed E-state index contributed by atoms with van der Waals surface area (Å²) in [7, 11) is 0. The van der Waals surface area contributed by atoms with E-state index in [2.05, 4.69) is 20.8 Å². The molecule has 2 N–H and O–H groups in total. The summed E-state index contributed by atoms with van der Waals surface area (Å²) in [6.45, 7) is 6.98. The zero-order valence-electron chi connectivity index (χ0n) is 11.7. The molecule has 0 saturated heterocycles. The van der Waals surface area contributed by atoms with Crippen molar-refractivity contribution in [3.8, 4) is 0 Å². The van der Waals surface area contributed by atoms with E-state index < -0.39 is 0 Å². The second kappa shape index (κ2) is 4.19. The second-order valence-corrected chi connectivity index (χ2v) is 7.36. The molecule has 4 aliphatic carbocycles. The van der Waals surface area contributed by atoms with E-state index in [1.165, 1.54) is 0 Å². The number of ether oxygens (including phenoxy) is 1. The summed E-state index contributed by atoms with van der Waals surface area (Å²) in [5.74, 6) is 4.17. The zero-order chi connectivity index (χ0) is 13.1. The Morgan fingerprint density at radius 3 is 1.72 bits per heavy atom. The van der Waals surface area contributed by atoms with Crippen LogP contribution in [0.2, 0.25) is 0 Å². The number of aliphatic hydroxyl groups excluding tert-OH is 2. The topological polar surface area (TPSA) is 49.7 Å². The van der Waals surface area contributed by atoms with E-state index in [0.29, 0.717) is 37.1 Å². The minimum atomic E-state index is -0.0805. The molecule has 3 heteroatoms. The molecule has 0 radical (unpaired) electrons. The van der Waals surface area contributed by atoms with Gasteiger partial charge in [0.1, 0.15) is 0 Å².